The van der Waals surface area contributed by atoms with E-state index in [4.69, 9.17) is 0 Å². The molecule has 0 atom stereocenters. The minimum absolute atomic E-state index is 0.214. The van der Waals surface area contributed by atoms with Crippen LogP contribution in [0.3, 0.4) is 0 Å². The Balaban J connectivity index is 1.78. The molecule has 12 heteroatoms. The van der Waals surface area contributed by atoms with Crippen LogP contribution in [0.25, 0.3) is 0 Å². The number of carbonyl (C=O) groups excluding carboxylic acids is 1. The molecule has 0 unspecified atom stereocenters. The number of sulfonamides is 1. The van der Waals surface area contributed by atoms with Crippen molar-refractivity contribution < 1.29 is 22.0 Å². The van der Waals surface area contributed by atoms with Crippen molar-refractivity contribution in [3.8, 4) is 0 Å². The average Bonchev–Trinajstić information content (AvgIpc) is 3.50. The smallest absolute Gasteiger partial charge is 0.327 e. The van der Waals surface area contributed by atoms with E-state index in [9.17, 15) is 22.0 Å². The highest BCUT2D eigenvalue weighted by Gasteiger charge is 2.23. The Morgan fingerprint density at radius 3 is 2.67 bits per heavy atom. The zero-order valence-electron chi connectivity index (χ0n) is 16.4. The van der Waals surface area contributed by atoms with Crippen molar-refractivity contribution in [2.45, 2.75) is 32.2 Å². The first-order chi connectivity index (χ1) is 14.2. The van der Waals surface area contributed by atoms with Crippen LogP contribution in [-0.2, 0) is 10.0 Å². The van der Waals surface area contributed by atoms with Crippen molar-refractivity contribution in [1.82, 2.24) is 9.97 Å². The van der Waals surface area contributed by atoms with E-state index in [0.717, 1.165) is 29.9 Å². The predicted octanol–water partition coefficient (Wildman–Crippen LogP) is 3.15. The Morgan fingerprint density at radius 1 is 1.27 bits per heavy atom. The molecule has 3 rings (SSSR count). The van der Waals surface area contributed by atoms with Crippen LogP contribution in [-0.4, -0.2) is 43.3 Å². The summed E-state index contributed by atoms with van der Waals surface area (Å²) >= 11 is 0. The van der Waals surface area contributed by atoms with Gasteiger partial charge in [0.15, 0.2) is 5.82 Å². The molecule has 0 radical (unpaired) electrons. The molecule has 1 aliphatic carbocycles. The number of rotatable bonds is 8. The van der Waals surface area contributed by atoms with E-state index in [2.05, 4.69) is 25.3 Å². The highest BCUT2D eigenvalue weighted by Crippen LogP contribution is 2.28. The SMILES string of the molecule is CCCS(=O)(=O)Nc1ccc(F)c(NC(=O)N(C)c2cc(NC3CC3)ncn2)c1F. The number of nitrogens with one attached hydrogen (secondary N) is 3. The second-order valence-corrected chi connectivity index (χ2v) is 8.72. The summed E-state index contributed by atoms with van der Waals surface area (Å²) in [6, 6.07) is 2.84. The maximum atomic E-state index is 14.7. The fraction of sp³-hybridized carbons (Fsp3) is 0.389. The third-order valence-corrected chi connectivity index (χ3v) is 5.77. The van der Waals surface area contributed by atoms with Gasteiger partial charge < -0.3 is 10.6 Å². The van der Waals surface area contributed by atoms with Gasteiger partial charge in [-0.25, -0.2) is 32.0 Å². The highest BCUT2D eigenvalue weighted by atomic mass is 32.2. The lowest BCUT2D eigenvalue weighted by molar-refractivity contribution is 0.257. The molecule has 1 heterocycles. The Kier molecular flexibility index (Phi) is 6.34. The molecule has 2 aromatic rings. The van der Waals surface area contributed by atoms with Gasteiger partial charge in [-0.15, -0.1) is 0 Å². The first kappa shape index (κ1) is 21.7. The minimum Gasteiger partial charge on any atom is -0.367 e. The number of hydrogen-bond acceptors (Lipinski definition) is 6. The quantitative estimate of drug-likeness (QED) is 0.581. The van der Waals surface area contributed by atoms with Crippen molar-refractivity contribution >= 4 is 39.1 Å². The molecule has 1 aromatic carbocycles. The Morgan fingerprint density at radius 2 is 2.00 bits per heavy atom. The number of halogens is 2. The van der Waals surface area contributed by atoms with E-state index in [1.165, 1.54) is 13.4 Å². The van der Waals surface area contributed by atoms with Crippen LogP contribution in [0.15, 0.2) is 24.5 Å². The van der Waals surface area contributed by atoms with Crippen LogP contribution in [0.1, 0.15) is 26.2 Å². The summed E-state index contributed by atoms with van der Waals surface area (Å²) in [5, 5.41) is 5.29. The Hall–Kier alpha value is -3.02. The third kappa shape index (κ3) is 5.32. The summed E-state index contributed by atoms with van der Waals surface area (Å²) in [5.74, 6) is -1.75. The zero-order valence-corrected chi connectivity index (χ0v) is 17.3. The van der Waals surface area contributed by atoms with Gasteiger partial charge in [0.25, 0.3) is 0 Å². The molecular weight excluding hydrogens is 418 g/mol. The highest BCUT2D eigenvalue weighted by molar-refractivity contribution is 7.92. The zero-order chi connectivity index (χ0) is 21.9. The first-order valence-electron chi connectivity index (χ1n) is 9.32. The van der Waals surface area contributed by atoms with Crippen LogP contribution in [0.4, 0.5) is 36.6 Å². The standard InChI is InChI=1S/C18H22F2N6O3S/c1-3-8-30(28,29)25-13-7-6-12(19)17(16(13)20)24-18(27)26(2)15-9-14(21-10-22-15)23-11-4-5-11/h6-7,9-11,25H,3-5,8H2,1-2H3,(H,24,27)(H,21,22,23). The summed E-state index contributed by atoms with van der Waals surface area (Å²) in [4.78, 5) is 21.7. The number of amides is 2. The molecular formula is C18H22F2N6O3S. The molecule has 0 saturated heterocycles. The molecule has 1 aromatic heterocycles. The fourth-order valence-electron chi connectivity index (χ4n) is 2.57. The summed E-state index contributed by atoms with van der Waals surface area (Å²) in [5.41, 5.74) is -1.23. The number of benzene rings is 1. The third-order valence-electron chi connectivity index (χ3n) is 4.29. The van der Waals surface area contributed by atoms with Crippen LogP contribution in [0, 0.1) is 11.6 Å². The lowest BCUT2D eigenvalue weighted by Gasteiger charge is -2.19. The average molecular weight is 440 g/mol. The maximum Gasteiger partial charge on any atom is 0.327 e. The van der Waals surface area contributed by atoms with Crippen molar-refractivity contribution in [2.75, 3.05) is 33.1 Å². The molecule has 162 valence electrons. The second-order valence-electron chi connectivity index (χ2n) is 6.87. The van der Waals surface area contributed by atoms with Crippen molar-refractivity contribution in [3.63, 3.8) is 0 Å². The van der Waals surface area contributed by atoms with Crippen LogP contribution in [0.2, 0.25) is 0 Å². The summed E-state index contributed by atoms with van der Waals surface area (Å²) in [6.45, 7) is 1.65. The van der Waals surface area contributed by atoms with E-state index in [1.54, 1.807) is 13.0 Å². The Labute approximate surface area is 173 Å². The van der Waals surface area contributed by atoms with E-state index >= 15 is 0 Å². The van der Waals surface area contributed by atoms with Gasteiger partial charge in [0.2, 0.25) is 10.0 Å². The van der Waals surface area contributed by atoms with Gasteiger partial charge in [-0.1, -0.05) is 6.92 Å². The Bertz CT molecular complexity index is 1050. The number of carbonyl (C=O) groups is 1. The van der Waals surface area contributed by atoms with Crippen molar-refractivity contribution in [2.24, 2.45) is 0 Å². The molecule has 0 spiro atoms. The molecule has 1 fully saturated rings. The van der Waals surface area contributed by atoms with Gasteiger partial charge in [0.1, 0.15) is 29.5 Å². The summed E-state index contributed by atoms with van der Waals surface area (Å²) in [7, 11) is -2.42. The van der Waals surface area contributed by atoms with Crippen molar-refractivity contribution in [3.05, 3.63) is 36.2 Å². The number of nitrogens with zero attached hydrogens (tertiary/aromatic N) is 3. The number of aromatic nitrogens is 2. The van der Waals surface area contributed by atoms with Crippen LogP contribution < -0.4 is 20.3 Å². The van der Waals surface area contributed by atoms with Crippen molar-refractivity contribution in [1.29, 1.82) is 0 Å². The second kappa shape index (κ2) is 8.78. The normalized spacial score (nSPS) is 13.6. The summed E-state index contributed by atoms with van der Waals surface area (Å²) in [6.07, 6.45) is 3.66. The largest absolute Gasteiger partial charge is 0.367 e. The molecule has 0 bridgehead atoms. The predicted molar refractivity (Wildman–Crippen MR) is 110 cm³/mol. The molecule has 1 saturated carbocycles. The van der Waals surface area contributed by atoms with Gasteiger partial charge in [-0.2, -0.15) is 0 Å². The van der Waals surface area contributed by atoms with Crippen LogP contribution in [0.5, 0.6) is 0 Å². The van der Waals surface area contributed by atoms with Gasteiger partial charge in [0.05, 0.1) is 11.4 Å². The molecule has 2 amide bonds. The molecule has 0 aliphatic heterocycles. The lowest BCUT2D eigenvalue weighted by atomic mass is 10.2. The maximum absolute atomic E-state index is 14.7. The molecule has 30 heavy (non-hydrogen) atoms. The van der Waals surface area contributed by atoms with E-state index in [0.29, 0.717) is 18.3 Å². The number of anilines is 4. The topological polar surface area (TPSA) is 116 Å². The number of urea groups is 1. The minimum atomic E-state index is -3.79. The monoisotopic (exact) mass is 440 g/mol. The summed E-state index contributed by atoms with van der Waals surface area (Å²) < 4.78 is 54.7. The van der Waals surface area contributed by atoms with Gasteiger partial charge >= 0.3 is 6.03 Å². The van der Waals surface area contributed by atoms with E-state index < -0.39 is 39.1 Å². The first-order valence-corrected chi connectivity index (χ1v) is 11.0. The van der Waals surface area contributed by atoms with E-state index in [1.807, 2.05) is 0 Å². The van der Waals surface area contributed by atoms with Crippen LogP contribution >= 0.6 is 0 Å². The van der Waals surface area contributed by atoms with E-state index in [-0.39, 0.29) is 11.6 Å². The number of hydrogen-bond donors (Lipinski definition) is 3. The lowest BCUT2D eigenvalue weighted by Crippen LogP contribution is -2.32. The van der Waals surface area contributed by atoms with Gasteiger partial charge in [0, 0.05) is 19.2 Å². The van der Waals surface area contributed by atoms with Gasteiger partial charge in [-0.05, 0) is 31.4 Å². The van der Waals surface area contributed by atoms with Gasteiger partial charge in [-0.3, -0.25) is 9.62 Å². The fourth-order valence-corrected chi connectivity index (χ4v) is 3.71. The molecule has 3 N–H and O–H groups in total. The molecule has 9 nitrogen and oxygen atoms in total. The molecule has 1 aliphatic rings.